The number of nitrogens with zero attached hydrogens (tertiary/aromatic N) is 4. The van der Waals surface area contributed by atoms with E-state index in [-0.39, 0.29) is 24.2 Å². The molecule has 1 N–H and O–H groups in total. The first-order valence-corrected chi connectivity index (χ1v) is 8.66. The van der Waals surface area contributed by atoms with Crippen molar-refractivity contribution in [3.8, 4) is 5.69 Å². The van der Waals surface area contributed by atoms with E-state index in [2.05, 4.69) is 10.1 Å². The number of likely N-dealkylation sites (tertiary alicyclic amines) is 1. The number of rotatable bonds is 4. The first-order valence-electron chi connectivity index (χ1n) is 8.28. The highest BCUT2D eigenvalue weighted by atomic mass is 35.5. The highest BCUT2D eigenvalue weighted by Crippen LogP contribution is 2.40. The monoisotopic (exact) mass is 360 g/mol. The molecule has 1 aromatic heterocycles. The molecule has 2 fully saturated rings. The van der Waals surface area contributed by atoms with Crippen molar-refractivity contribution in [3.05, 3.63) is 40.9 Å². The minimum absolute atomic E-state index is 0.104. The zero-order chi connectivity index (χ0) is 17.6. The second-order valence-electron chi connectivity index (χ2n) is 6.51. The summed E-state index contributed by atoms with van der Waals surface area (Å²) in [6.07, 6.45) is 2.49. The van der Waals surface area contributed by atoms with Crippen LogP contribution in [0.15, 0.2) is 24.3 Å². The fourth-order valence-electron chi connectivity index (χ4n) is 3.11. The van der Waals surface area contributed by atoms with Gasteiger partial charge >= 0.3 is 5.97 Å². The number of carbonyl (C=O) groups is 2. The van der Waals surface area contributed by atoms with Gasteiger partial charge in [-0.2, -0.15) is 0 Å². The lowest BCUT2D eigenvalue weighted by molar-refractivity contribution is -0.141. The van der Waals surface area contributed by atoms with Crippen molar-refractivity contribution < 1.29 is 14.7 Å². The van der Waals surface area contributed by atoms with Crippen LogP contribution in [0.3, 0.4) is 0 Å². The van der Waals surface area contributed by atoms with E-state index in [0.29, 0.717) is 23.7 Å². The van der Waals surface area contributed by atoms with Crippen LogP contribution in [0.1, 0.15) is 41.6 Å². The number of para-hydroxylation sites is 1. The summed E-state index contributed by atoms with van der Waals surface area (Å²) in [4.78, 5) is 29.8. The second-order valence-corrected chi connectivity index (χ2v) is 6.91. The molecule has 8 heteroatoms. The van der Waals surface area contributed by atoms with Gasteiger partial charge < -0.3 is 10.0 Å². The van der Waals surface area contributed by atoms with Gasteiger partial charge in [0.15, 0.2) is 0 Å². The van der Waals surface area contributed by atoms with Gasteiger partial charge in [-0.15, -0.1) is 5.10 Å². The van der Waals surface area contributed by atoms with Crippen molar-refractivity contribution in [3.63, 3.8) is 0 Å². The summed E-state index contributed by atoms with van der Waals surface area (Å²) in [5.41, 5.74) is 0.697. The lowest BCUT2D eigenvalue weighted by atomic mass is 10.1. The molecule has 7 nitrogen and oxygen atoms in total. The van der Waals surface area contributed by atoms with Gasteiger partial charge in [0.1, 0.15) is 5.82 Å². The van der Waals surface area contributed by atoms with Crippen molar-refractivity contribution in [2.75, 3.05) is 13.1 Å². The average molecular weight is 361 g/mol. The number of amides is 1. The number of benzene rings is 1. The molecule has 130 valence electrons. The quantitative estimate of drug-likeness (QED) is 0.904. The number of hydrogen-bond acceptors (Lipinski definition) is 4. The molecule has 1 aliphatic heterocycles. The summed E-state index contributed by atoms with van der Waals surface area (Å²) in [5.74, 6) is -0.577. The number of aromatic nitrogens is 3. The van der Waals surface area contributed by atoms with Crippen LogP contribution in [-0.2, 0) is 4.79 Å². The Morgan fingerprint density at radius 1 is 1.20 bits per heavy atom. The molecule has 2 heterocycles. The minimum Gasteiger partial charge on any atom is -0.481 e. The minimum atomic E-state index is -0.872. The smallest absolute Gasteiger partial charge is 0.308 e. The van der Waals surface area contributed by atoms with E-state index in [1.165, 1.54) is 4.90 Å². The summed E-state index contributed by atoms with van der Waals surface area (Å²) in [5, 5.41) is 14.0. The van der Waals surface area contributed by atoms with Gasteiger partial charge in [-0.05, 0) is 31.4 Å². The van der Waals surface area contributed by atoms with E-state index < -0.39 is 11.9 Å². The molecule has 2 aliphatic rings. The predicted molar refractivity (Wildman–Crippen MR) is 90.0 cm³/mol. The highest BCUT2D eigenvalue weighted by molar-refractivity contribution is 6.32. The molecule has 1 aromatic carbocycles. The number of aliphatic carboxylic acids is 1. The van der Waals surface area contributed by atoms with Crippen molar-refractivity contribution >= 4 is 23.5 Å². The SMILES string of the molecule is O=C(O)C1CCN(C(=O)c2nc(C3CC3)n(-c3ccccc3Cl)n2)C1. The van der Waals surface area contributed by atoms with Crippen molar-refractivity contribution in [2.45, 2.75) is 25.2 Å². The van der Waals surface area contributed by atoms with Crippen LogP contribution >= 0.6 is 11.6 Å². The van der Waals surface area contributed by atoms with Gasteiger partial charge in [-0.1, -0.05) is 23.7 Å². The molecule has 1 saturated carbocycles. The van der Waals surface area contributed by atoms with Crippen molar-refractivity contribution in [1.82, 2.24) is 19.7 Å². The maximum atomic E-state index is 12.7. The molecule has 1 atom stereocenters. The summed E-state index contributed by atoms with van der Waals surface area (Å²) < 4.78 is 1.65. The standard InChI is InChI=1S/C17H17ClN4O3/c18-12-3-1-2-4-13(12)22-15(10-5-6-10)19-14(20-22)16(23)21-8-7-11(9-21)17(24)25/h1-4,10-11H,5-9H2,(H,24,25). The molecule has 0 radical (unpaired) electrons. The normalized spacial score (nSPS) is 20.0. The van der Waals surface area contributed by atoms with Gasteiger partial charge in [-0.25, -0.2) is 9.67 Å². The van der Waals surface area contributed by atoms with Crippen LogP contribution in [0.25, 0.3) is 5.69 Å². The third kappa shape index (κ3) is 3.00. The van der Waals surface area contributed by atoms with E-state index in [9.17, 15) is 9.59 Å². The molecule has 0 bridgehead atoms. The molecule has 2 aromatic rings. The molecule has 4 rings (SSSR count). The molecular weight excluding hydrogens is 344 g/mol. The molecule has 1 saturated heterocycles. The van der Waals surface area contributed by atoms with Crippen LogP contribution in [0.2, 0.25) is 5.02 Å². The summed E-state index contributed by atoms with van der Waals surface area (Å²) >= 11 is 6.28. The molecule has 25 heavy (non-hydrogen) atoms. The van der Waals surface area contributed by atoms with Gasteiger partial charge in [0.2, 0.25) is 5.82 Å². The lowest BCUT2D eigenvalue weighted by Crippen LogP contribution is -2.30. The Bertz CT molecular complexity index is 846. The van der Waals surface area contributed by atoms with Gasteiger partial charge in [0.25, 0.3) is 5.91 Å². The zero-order valence-corrected chi connectivity index (χ0v) is 14.2. The number of hydrogen-bond donors (Lipinski definition) is 1. The van der Waals surface area contributed by atoms with Gasteiger partial charge in [-0.3, -0.25) is 9.59 Å². The maximum absolute atomic E-state index is 12.7. The Morgan fingerprint density at radius 2 is 1.96 bits per heavy atom. The lowest BCUT2D eigenvalue weighted by Gasteiger charge is -2.13. The third-order valence-corrected chi connectivity index (χ3v) is 4.99. The Balaban J connectivity index is 1.65. The van der Waals surface area contributed by atoms with Crippen molar-refractivity contribution in [1.29, 1.82) is 0 Å². The van der Waals surface area contributed by atoms with Crippen LogP contribution in [0.4, 0.5) is 0 Å². The first kappa shape index (κ1) is 16.1. The average Bonchev–Trinajstić information content (AvgIpc) is 3.15. The zero-order valence-electron chi connectivity index (χ0n) is 13.4. The number of carbonyl (C=O) groups excluding carboxylic acids is 1. The molecule has 1 aliphatic carbocycles. The third-order valence-electron chi connectivity index (χ3n) is 4.67. The maximum Gasteiger partial charge on any atom is 0.308 e. The van der Waals surface area contributed by atoms with Crippen LogP contribution in [-0.4, -0.2) is 49.7 Å². The molecule has 0 spiro atoms. The summed E-state index contributed by atoms with van der Waals surface area (Å²) in [7, 11) is 0. The van der Waals surface area contributed by atoms with E-state index in [1.54, 1.807) is 10.7 Å². The van der Waals surface area contributed by atoms with Crippen LogP contribution < -0.4 is 0 Å². The second kappa shape index (κ2) is 6.15. The summed E-state index contributed by atoms with van der Waals surface area (Å²) in [6, 6.07) is 7.31. The number of carboxylic acids is 1. The van der Waals surface area contributed by atoms with E-state index in [4.69, 9.17) is 16.7 Å². The van der Waals surface area contributed by atoms with Crippen LogP contribution in [0.5, 0.6) is 0 Å². The predicted octanol–water partition coefficient (Wildman–Crippen LogP) is 2.34. The van der Waals surface area contributed by atoms with Gasteiger partial charge in [0, 0.05) is 19.0 Å². The fourth-order valence-corrected chi connectivity index (χ4v) is 3.32. The van der Waals surface area contributed by atoms with E-state index >= 15 is 0 Å². The number of halogens is 1. The summed E-state index contributed by atoms with van der Waals surface area (Å²) in [6.45, 7) is 0.614. The molecule has 1 unspecified atom stereocenters. The molecule has 1 amide bonds. The Morgan fingerprint density at radius 3 is 2.60 bits per heavy atom. The highest BCUT2D eigenvalue weighted by Gasteiger charge is 2.36. The van der Waals surface area contributed by atoms with Crippen LogP contribution in [0, 0.1) is 5.92 Å². The van der Waals surface area contributed by atoms with E-state index in [1.807, 2.05) is 18.2 Å². The largest absolute Gasteiger partial charge is 0.481 e. The Hall–Kier alpha value is -2.41. The Kier molecular flexibility index (Phi) is 3.95. The first-order chi connectivity index (χ1) is 12.0. The van der Waals surface area contributed by atoms with E-state index in [0.717, 1.165) is 18.7 Å². The topological polar surface area (TPSA) is 88.3 Å². The van der Waals surface area contributed by atoms with Crippen molar-refractivity contribution in [2.24, 2.45) is 5.92 Å². The van der Waals surface area contributed by atoms with Gasteiger partial charge in [0.05, 0.1) is 16.6 Å². The Labute approximate surface area is 149 Å². The molecular formula is C17H17ClN4O3. The fraction of sp³-hybridized carbons (Fsp3) is 0.412. The number of carboxylic acid groups (broad SMARTS) is 1.